The minimum absolute atomic E-state index is 0.155. The van der Waals surface area contributed by atoms with E-state index in [-0.39, 0.29) is 18.6 Å². The van der Waals surface area contributed by atoms with Gasteiger partial charge in [0.2, 0.25) is 0 Å². The standard InChI is InChI=1S/C18H21NO4/c1-22-15-9-6-10-16(23-2)17(15)18(21)19-14(12-20)11-13-7-4-3-5-8-13/h3-10,14,20H,11-12H2,1-2H3,(H,19,21)/t14-/m0/s1. The average molecular weight is 315 g/mol. The second-order valence-electron chi connectivity index (χ2n) is 5.08. The summed E-state index contributed by atoms with van der Waals surface area (Å²) in [4.78, 5) is 12.6. The highest BCUT2D eigenvalue weighted by molar-refractivity contribution is 5.99. The maximum Gasteiger partial charge on any atom is 0.259 e. The lowest BCUT2D eigenvalue weighted by Gasteiger charge is -2.18. The smallest absolute Gasteiger partial charge is 0.259 e. The third-order valence-corrected chi connectivity index (χ3v) is 3.54. The number of hydrogen-bond donors (Lipinski definition) is 2. The fourth-order valence-electron chi connectivity index (χ4n) is 2.39. The monoisotopic (exact) mass is 315 g/mol. The van der Waals surface area contributed by atoms with E-state index in [4.69, 9.17) is 9.47 Å². The van der Waals surface area contributed by atoms with E-state index in [1.54, 1.807) is 18.2 Å². The summed E-state index contributed by atoms with van der Waals surface area (Å²) in [5, 5.41) is 12.4. The van der Waals surface area contributed by atoms with Gasteiger partial charge in [0, 0.05) is 0 Å². The van der Waals surface area contributed by atoms with Gasteiger partial charge in [0.15, 0.2) is 0 Å². The minimum atomic E-state index is -0.389. The fraction of sp³-hybridized carbons (Fsp3) is 0.278. The second-order valence-corrected chi connectivity index (χ2v) is 5.08. The zero-order chi connectivity index (χ0) is 16.7. The van der Waals surface area contributed by atoms with Crippen LogP contribution in [0.5, 0.6) is 11.5 Å². The van der Waals surface area contributed by atoms with Crippen molar-refractivity contribution in [3.8, 4) is 11.5 Å². The van der Waals surface area contributed by atoms with E-state index in [0.717, 1.165) is 5.56 Å². The lowest BCUT2D eigenvalue weighted by Crippen LogP contribution is -2.39. The highest BCUT2D eigenvalue weighted by atomic mass is 16.5. The summed E-state index contributed by atoms with van der Waals surface area (Å²) in [5.74, 6) is 0.519. The third kappa shape index (κ3) is 4.23. The van der Waals surface area contributed by atoms with Gasteiger partial charge in [-0.05, 0) is 24.1 Å². The first kappa shape index (κ1) is 16.8. The molecule has 5 nitrogen and oxygen atoms in total. The summed E-state index contributed by atoms with van der Waals surface area (Å²) in [6, 6.07) is 14.4. The number of nitrogens with one attached hydrogen (secondary N) is 1. The average Bonchev–Trinajstić information content (AvgIpc) is 2.61. The largest absolute Gasteiger partial charge is 0.496 e. The van der Waals surface area contributed by atoms with Crippen molar-refractivity contribution < 1.29 is 19.4 Å². The third-order valence-electron chi connectivity index (χ3n) is 3.54. The van der Waals surface area contributed by atoms with Crippen molar-refractivity contribution in [3.63, 3.8) is 0 Å². The van der Waals surface area contributed by atoms with Crippen LogP contribution in [0, 0.1) is 0 Å². The van der Waals surface area contributed by atoms with Gasteiger partial charge in [-0.2, -0.15) is 0 Å². The molecule has 0 aliphatic carbocycles. The van der Waals surface area contributed by atoms with Crippen LogP contribution in [-0.4, -0.2) is 37.9 Å². The maximum atomic E-state index is 12.6. The minimum Gasteiger partial charge on any atom is -0.496 e. The number of amides is 1. The van der Waals surface area contributed by atoms with Gasteiger partial charge in [-0.25, -0.2) is 0 Å². The lowest BCUT2D eigenvalue weighted by molar-refractivity contribution is 0.0910. The number of carbonyl (C=O) groups excluding carboxylic acids is 1. The number of benzene rings is 2. The molecule has 0 aliphatic rings. The van der Waals surface area contributed by atoms with Crippen LogP contribution in [0.3, 0.4) is 0 Å². The summed E-state index contributed by atoms with van der Waals surface area (Å²) in [5.41, 5.74) is 1.36. The van der Waals surface area contributed by atoms with E-state index >= 15 is 0 Å². The molecule has 2 aromatic carbocycles. The topological polar surface area (TPSA) is 67.8 Å². The Labute approximate surface area is 135 Å². The SMILES string of the molecule is COc1cccc(OC)c1C(=O)N[C@H](CO)Cc1ccccc1. The van der Waals surface area contributed by atoms with Crippen molar-refractivity contribution in [1.82, 2.24) is 5.32 Å². The Balaban J connectivity index is 2.17. The maximum absolute atomic E-state index is 12.6. The first-order chi connectivity index (χ1) is 11.2. The second kappa shape index (κ2) is 8.19. The van der Waals surface area contributed by atoms with Crippen molar-refractivity contribution >= 4 is 5.91 Å². The Morgan fingerprint density at radius 1 is 1.04 bits per heavy atom. The van der Waals surface area contributed by atoms with Gasteiger partial charge in [-0.15, -0.1) is 0 Å². The van der Waals surface area contributed by atoms with Crippen LogP contribution < -0.4 is 14.8 Å². The number of aliphatic hydroxyl groups is 1. The molecule has 2 N–H and O–H groups in total. The molecule has 0 radical (unpaired) electrons. The molecule has 2 aromatic rings. The van der Waals surface area contributed by atoms with Gasteiger partial charge >= 0.3 is 0 Å². The summed E-state index contributed by atoms with van der Waals surface area (Å²) in [7, 11) is 3.00. The van der Waals surface area contributed by atoms with E-state index < -0.39 is 0 Å². The van der Waals surface area contributed by atoms with Gasteiger partial charge in [0.25, 0.3) is 5.91 Å². The molecule has 1 atom stereocenters. The zero-order valence-electron chi connectivity index (χ0n) is 13.3. The number of carbonyl (C=O) groups is 1. The molecule has 0 aliphatic heterocycles. The molecule has 23 heavy (non-hydrogen) atoms. The molecule has 5 heteroatoms. The number of aliphatic hydroxyl groups excluding tert-OH is 1. The van der Waals surface area contributed by atoms with Crippen LogP contribution in [0.2, 0.25) is 0 Å². The van der Waals surface area contributed by atoms with Gasteiger partial charge in [-0.1, -0.05) is 36.4 Å². The van der Waals surface area contributed by atoms with Crippen LogP contribution in [0.15, 0.2) is 48.5 Å². The summed E-state index contributed by atoms with van der Waals surface area (Å²) < 4.78 is 10.5. The molecular weight excluding hydrogens is 294 g/mol. The molecule has 0 bridgehead atoms. The molecule has 0 heterocycles. The summed E-state index contributed by atoms with van der Waals surface area (Å²) in [6.45, 7) is -0.155. The van der Waals surface area contributed by atoms with Crippen LogP contribution in [0.4, 0.5) is 0 Å². The van der Waals surface area contributed by atoms with Crippen molar-refractivity contribution in [2.45, 2.75) is 12.5 Å². The first-order valence-corrected chi connectivity index (χ1v) is 7.36. The number of ether oxygens (including phenoxy) is 2. The molecular formula is C18H21NO4. The number of methoxy groups -OCH3 is 2. The highest BCUT2D eigenvalue weighted by Crippen LogP contribution is 2.28. The van der Waals surface area contributed by atoms with Gasteiger partial charge in [0.05, 0.1) is 26.9 Å². The molecule has 0 aromatic heterocycles. The molecule has 0 saturated heterocycles. The number of hydrogen-bond acceptors (Lipinski definition) is 4. The van der Waals surface area contributed by atoms with Gasteiger partial charge in [0.1, 0.15) is 17.1 Å². The summed E-state index contributed by atoms with van der Waals surface area (Å²) >= 11 is 0. The summed E-state index contributed by atoms with van der Waals surface area (Å²) in [6.07, 6.45) is 0.542. The number of rotatable bonds is 7. The van der Waals surface area contributed by atoms with E-state index in [1.807, 2.05) is 30.3 Å². The Morgan fingerprint density at radius 3 is 2.17 bits per heavy atom. The van der Waals surface area contributed by atoms with Crippen LogP contribution in [0.1, 0.15) is 15.9 Å². The zero-order valence-corrected chi connectivity index (χ0v) is 13.3. The first-order valence-electron chi connectivity index (χ1n) is 7.36. The van der Waals surface area contributed by atoms with Crippen molar-refractivity contribution in [3.05, 3.63) is 59.7 Å². The van der Waals surface area contributed by atoms with Crippen molar-refractivity contribution in [2.24, 2.45) is 0 Å². The van der Waals surface area contributed by atoms with E-state index in [1.165, 1.54) is 14.2 Å². The molecule has 0 spiro atoms. The quantitative estimate of drug-likeness (QED) is 0.820. The predicted octanol–water partition coefficient (Wildman–Crippen LogP) is 2.04. The molecule has 122 valence electrons. The van der Waals surface area contributed by atoms with Crippen molar-refractivity contribution in [2.75, 3.05) is 20.8 Å². The molecule has 2 rings (SSSR count). The van der Waals surface area contributed by atoms with E-state index in [0.29, 0.717) is 23.5 Å². The van der Waals surface area contributed by atoms with Crippen LogP contribution >= 0.6 is 0 Å². The van der Waals surface area contributed by atoms with Crippen LogP contribution in [0.25, 0.3) is 0 Å². The van der Waals surface area contributed by atoms with E-state index in [9.17, 15) is 9.90 Å². The molecule has 1 amide bonds. The van der Waals surface area contributed by atoms with Gasteiger partial charge < -0.3 is 19.9 Å². The molecule has 0 fully saturated rings. The van der Waals surface area contributed by atoms with E-state index in [2.05, 4.69) is 5.32 Å². The van der Waals surface area contributed by atoms with Gasteiger partial charge in [-0.3, -0.25) is 4.79 Å². The fourth-order valence-corrected chi connectivity index (χ4v) is 2.39. The normalized spacial score (nSPS) is 11.6. The van der Waals surface area contributed by atoms with Crippen LogP contribution in [-0.2, 0) is 6.42 Å². The Kier molecular flexibility index (Phi) is 6.00. The van der Waals surface area contributed by atoms with Crippen molar-refractivity contribution in [1.29, 1.82) is 0 Å². The highest BCUT2D eigenvalue weighted by Gasteiger charge is 2.21. The molecule has 0 unspecified atom stereocenters. The lowest BCUT2D eigenvalue weighted by atomic mass is 10.1. The Hall–Kier alpha value is -2.53. The Morgan fingerprint density at radius 2 is 1.65 bits per heavy atom. The molecule has 0 saturated carbocycles. The Bertz CT molecular complexity index is 620. The predicted molar refractivity (Wildman–Crippen MR) is 88.0 cm³/mol.